The summed E-state index contributed by atoms with van der Waals surface area (Å²) in [6, 6.07) is 8.23. The van der Waals surface area contributed by atoms with Gasteiger partial charge in [-0.2, -0.15) is 0 Å². The molecule has 20 heavy (non-hydrogen) atoms. The molecule has 1 aromatic rings. The van der Waals surface area contributed by atoms with Crippen molar-refractivity contribution >= 4 is 21.8 Å². The van der Waals surface area contributed by atoms with Crippen LogP contribution in [0.4, 0.5) is 0 Å². The van der Waals surface area contributed by atoms with Crippen LogP contribution in [-0.2, 0) is 4.79 Å². The summed E-state index contributed by atoms with van der Waals surface area (Å²) >= 11 is 3.62. The zero-order valence-corrected chi connectivity index (χ0v) is 13.5. The van der Waals surface area contributed by atoms with Crippen LogP contribution in [0.25, 0.3) is 0 Å². The number of hydrogen-bond donors (Lipinski definition) is 1. The first-order valence-electron chi connectivity index (χ1n) is 7.26. The maximum Gasteiger partial charge on any atom is 0.223 e. The van der Waals surface area contributed by atoms with Crippen molar-refractivity contribution in [3.8, 4) is 5.75 Å². The number of benzene rings is 1. The average molecular weight is 340 g/mol. The molecule has 0 bridgehead atoms. The van der Waals surface area contributed by atoms with E-state index < -0.39 is 0 Å². The Morgan fingerprint density at radius 1 is 1.35 bits per heavy atom. The van der Waals surface area contributed by atoms with Crippen LogP contribution < -0.4 is 10.1 Å². The number of ether oxygens (including phenoxy) is 1. The molecule has 1 amide bonds. The molecule has 2 rings (SSSR count). The molecular formula is C16H22BrNO2. The Labute approximate surface area is 129 Å². The van der Waals surface area contributed by atoms with Gasteiger partial charge in [0, 0.05) is 10.9 Å². The molecule has 1 aliphatic rings. The standard InChI is InChI=1S/C16H22BrNO2/c1-12-3-2-4-15(11-12)20-10-9-16(19)18-14-7-5-13(17)6-8-14/h2-4,11,13-14H,5-10H2,1H3,(H,18,19). The maximum absolute atomic E-state index is 11.8. The second-order valence-electron chi connectivity index (χ2n) is 5.43. The van der Waals surface area contributed by atoms with Crippen LogP contribution in [-0.4, -0.2) is 23.4 Å². The van der Waals surface area contributed by atoms with Crippen molar-refractivity contribution in [3.05, 3.63) is 29.8 Å². The van der Waals surface area contributed by atoms with Crippen molar-refractivity contribution in [1.82, 2.24) is 5.32 Å². The number of nitrogens with one attached hydrogen (secondary N) is 1. The Morgan fingerprint density at radius 3 is 2.80 bits per heavy atom. The number of rotatable bonds is 5. The zero-order chi connectivity index (χ0) is 14.4. The largest absolute Gasteiger partial charge is 0.493 e. The Morgan fingerprint density at radius 2 is 2.10 bits per heavy atom. The Kier molecular flexibility index (Phi) is 5.89. The van der Waals surface area contributed by atoms with Gasteiger partial charge < -0.3 is 10.1 Å². The Hall–Kier alpha value is -1.03. The fraction of sp³-hybridized carbons (Fsp3) is 0.562. The van der Waals surface area contributed by atoms with Crippen molar-refractivity contribution in [2.45, 2.75) is 49.9 Å². The maximum atomic E-state index is 11.8. The summed E-state index contributed by atoms with van der Waals surface area (Å²) in [5.41, 5.74) is 1.17. The van der Waals surface area contributed by atoms with Crippen molar-refractivity contribution in [2.24, 2.45) is 0 Å². The van der Waals surface area contributed by atoms with Gasteiger partial charge in [0.05, 0.1) is 13.0 Å². The van der Waals surface area contributed by atoms with E-state index in [2.05, 4.69) is 21.2 Å². The van der Waals surface area contributed by atoms with E-state index in [-0.39, 0.29) is 5.91 Å². The number of hydrogen-bond acceptors (Lipinski definition) is 2. The van der Waals surface area contributed by atoms with E-state index in [4.69, 9.17) is 4.74 Å². The number of carbonyl (C=O) groups excluding carboxylic acids is 1. The SMILES string of the molecule is Cc1cccc(OCCC(=O)NC2CCC(Br)CC2)c1. The molecule has 110 valence electrons. The van der Waals surface area contributed by atoms with E-state index in [9.17, 15) is 4.79 Å². The molecule has 1 aliphatic carbocycles. The number of alkyl halides is 1. The highest BCUT2D eigenvalue weighted by Crippen LogP contribution is 2.24. The molecular weight excluding hydrogens is 318 g/mol. The molecule has 0 radical (unpaired) electrons. The van der Waals surface area contributed by atoms with Crippen LogP contribution in [0, 0.1) is 6.92 Å². The van der Waals surface area contributed by atoms with Crippen LogP contribution >= 0.6 is 15.9 Å². The van der Waals surface area contributed by atoms with E-state index in [1.54, 1.807) is 0 Å². The van der Waals surface area contributed by atoms with Crippen LogP contribution in [0.5, 0.6) is 5.75 Å². The first kappa shape index (κ1) is 15.4. The lowest BCUT2D eigenvalue weighted by Gasteiger charge is -2.26. The highest BCUT2D eigenvalue weighted by Gasteiger charge is 2.20. The fourth-order valence-corrected chi connectivity index (χ4v) is 2.99. The van der Waals surface area contributed by atoms with E-state index in [1.807, 2.05) is 31.2 Å². The molecule has 1 saturated carbocycles. The quantitative estimate of drug-likeness (QED) is 0.832. The molecule has 0 saturated heterocycles. The fourth-order valence-electron chi connectivity index (χ4n) is 2.46. The topological polar surface area (TPSA) is 38.3 Å². The number of halogens is 1. The molecule has 0 spiro atoms. The third kappa shape index (κ3) is 5.16. The van der Waals surface area contributed by atoms with E-state index in [0.29, 0.717) is 23.9 Å². The van der Waals surface area contributed by atoms with Gasteiger partial charge in [0.2, 0.25) is 5.91 Å². The molecule has 0 aromatic heterocycles. The Bertz CT molecular complexity index is 442. The molecule has 3 nitrogen and oxygen atoms in total. The first-order valence-corrected chi connectivity index (χ1v) is 8.18. The van der Waals surface area contributed by atoms with Crippen molar-refractivity contribution in [1.29, 1.82) is 0 Å². The number of amides is 1. The summed E-state index contributed by atoms with van der Waals surface area (Å²) in [6.45, 7) is 2.46. The van der Waals surface area contributed by atoms with Gasteiger partial charge in [-0.1, -0.05) is 28.1 Å². The van der Waals surface area contributed by atoms with Gasteiger partial charge in [-0.05, 0) is 50.3 Å². The summed E-state index contributed by atoms with van der Waals surface area (Å²) in [6.07, 6.45) is 4.85. The van der Waals surface area contributed by atoms with Crippen molar-refractivity contribution < 1.29 is 9.53 Å². The van der Waals surface area contributed by atoms with Gasteiger partial charge in [0.25, 0.3) is 0 Å². The minimum atomic E-state index is 0.0932. The molecule has 0 unspecified atom stereocenters. The second kappa shape index (κ2) is 7.67. The summed E-state index contributed by atoms with van der Waals surface area (Å²) in [7, 11) is 0. The number of carbonyl (C=O) groups is 1. The molecule has 0 atom stereocenters. The van der Waals surface area contributed by atoms with E-state index in [0.717, 1.165) is 31.4 Å². The van der Waals surface area contributed by atoms with Crippen LogP contribution in [0.3, 0.4) is 0 Å². The third-order valence-electron chi connectivity index (χ3n) is 3.61. The smallest absolute Gasteiger partial charge is 0.223 e. The van der Waals surface area contributed by atoms with Gasteiger partial charge in [-0.15, -0.1) is 0 Å². The molecule has 0 aliphatic heterocycles. The Balaban J connectivity index is 1.65. The molecule has 1 fully saturated rings. The summed E-state index contributed by atoms with van der Waals surface area (Å²) in [4.78, 5) is 12.5. The highest BCUT2D eigenvalue weighted by atomic mass is 79.9. The van der Waals surface area contributed by atoms with Gasteiger partial charge in [-0.25, -0.2) is 0 Å². The second-order valence-corrected chi connectivity index (χ2v) is 6.73. The van der Waals surface area contributed by atoms with Crippen LogP contribution in [0.1, 0.15) is 37.7 Å². The van der Waals surface area contributed by atoms with E-state index in [1.165, 1.54) is 5.56 Å². The van der Waals surface area contributed by atoms with Crippen molar-refractivity contribution in [3.63, 3.8) is 0 Å². The van der Waals surface area contributed by atoms with E-state index >= 15 is 0 Å². The first-order chi connectivity index (χ1) is 9.63. The molecule has 0 heterocycles. The average Bonchev–Trinajstić information content (AvgIpc) is 2.41. The minimum absolute atomic E-state index is 0.0932. The lowest BCUT2D eigenvalue weighted by Crippen LogP contribution is -2.38. The van der Waals surface area contributed by atoms with Crippen LogP contribution in [0.15, 0.2) is 24.3 Å². The lowest BCUT2D eigenvalue weighted by molar-refractivity contribution is -0.122. The van der Waals surface area contributed by atoms with Crippen LogP contribution in [0.2, 0.25) is 0 Å². The monoisotopic (exact) mass is 339 g/mol. The summed E-state index contributed by atoms with van der Waals surface area (Å²) in [5.74, 6) is 0.924. The summed E-state index contributed by atoms with van der Waals surface area (Å²) < 4.78 is 5.60. The third-order valence-corrected chi connectivity index (χ3v) is 4.52. The van der Waals surface area contributed by atoms with Gasteiger partial charge >= 0.3 is 0 Å². The molecule has 4 heteroatoms. The predicted molar refractivity (Wildman–Crippen MR) is 84.4 cm³/mol. The lowest BCUT2D eigenvalue weighted by atomic mass is 9.95. The highest BCUT2D eigenvalue weighted by molar-refractivity contribution is 9.09. The normalized spacial score (nSPS) is 22.3. The number of aryl methyl sites for hydroxylation is 1. The van der Waals surface area contributed by atoms with Crippen molar-refractivity contribution in [2.75, 3.05) is 6.61 Å². The minimum Gasteiger partial charge on any atom is -0.493 e. The summed E-state index contributed by atoms with van der Waals surface area (Å²) in [5, 5.41) is 3.10. The molecule has 1 N–H and O–H groups in total. The predicted octanol–water partition coefficient (Wildman–Crippen LogP) is 3.59. The van der Waals surface area contributed by atoms with Gasteiger partial charge in [-0.3, -0.25) is 4.79 Å². The molecule has 1 aromatic carbocycles. The van der Waals surface area contributed by atoms with Gasteiger partial charge in [0.15, 0.2) is 0 Å². The zero-order valence-electron chi connectivity index (χ0n) is 11.9. The van der Waals surface area contributed by atoms with Gasteiger partial charge in [0.1, 0.15) is 5.75 Å².